The Morgan fingerprint density at radius 2 is 2.12 bits per heavy atom. The number of aromatic nitrogens is 2. The summed E-state index contributed by atoms with van der Waals surface area (Å²) < 4.78 is 6.40. The Kier molecular flexibility index (Phi) is 3.09. The Balaban J connectivity index is 2.29. The van der Waals surface area contributed by atoms with Gasteiger partial charge in [0.15, 0.2) is 5.82 Å². The van der Waals surface area contributed by atoms with E-state index in [1.165, 1.54) is 7.11 Å². The molecule has 0 aliphatic rings. The number of hydrogen-bond donors (Lipinski definition) is 1. The van der Waals surface area contributed by atoms with Crippen LogP contribution < -0.4 is 5.32 Å². The van der Waals surface area contributed by atoms with Gasteiger partial charge in [-0.2, -0.15) is 5.10 Å². The molecule has 0 bridgehead atoms. The number of nitrogens with one attached hydrogen (secondary N) is 1. The van der Waals surface area contributed by atoms with Gasteiger partial charge in [-0.25, -0.2) is 4.79 Å². The van der Waals surface area contributed by atoms with Crippen LogP contribution in [0, 0.1) is 0 Å². The van der Waals surface area contributed by atoms with Gasteiger partial charge in [-0.05, 0) is 12.1 Å². The number of hydrogen-bond acceptors (Lipinski definition) is 4. The third kappa shape index (κ3) is 2.44. The van der Waals surface area contributed by atoms with Gasteiger partial charge in [0.25, 0.3) is 0 Å². The average molecular weight is 231 g/mol. The maximum atomic E-state index is 11.5. The van der Waals surface area contributed by atoms with Crippen LogP contribution in [0.3, 0.4) is 0 Å². The molecule has 2 aromatic rings. The molecule has 88 valence electrons. The molecule has 1 heterocycles. The van der Waals surface area contributed by atoms with Crippen molar-refractivity contribution in [1.29, 1.82) is 0 Å². The highest BCUT2D eigenvalue weighted by Crippen LogP contribution is 2.20. The Hall–Kier alpha value is -2.30. The summed E-state index contributed by atoms with van der Waals surface area (Å²) >= 11 is 0. The summed E-state index contributed by atoms with van der Waals surface area (Å²) in [6.45, 7) is 0. The summed E-state index contributed by atoms with van der Waals surface area (Å²) in [5.74, 6) is 0.313. The first-order valence-electron chi connectivity index (χ1n) is 5.14. The van der Waals surface area contributed by atoms with E-state index in [4.69, 9.17) is 4.74 Å². The van der Waals surface area contributed by atoms with E-state index in [1.54, 1.807) is 22.9 Å². The Morgan fingerprint density at radius 3 is 2.76 bits per heavy atom. The van der Waals surface area contributed by atoms with Crippen molar-refractivity contribution in [3.05, 3.63) is 42.1 Å². The zero-order chi connectivity index (χ0) is 12.3. The van der Waals surface area contributed by atoms with Crippen LogP contribution >= 0.6 is 0 Å². The number of benzene rings is 1. The van der Waals surface area contributed by atoms with Gasteiger partial charge in [0.2, 0.25) is 0 Å². The van der Waals surface area contributed by atoms with Crippen molar-refractivity contribution in [2.75, 3.05) is 12.4 Å². The van der Waals surface area contributed by atoms with Gasteiger partial charge in [0.05, 0.1) is 18.4 Å². The molecular formula is C12H13N3O2. The second-order valence-electron chi connectivity index (χ2n) is 3.54. The van der Waals surface area contributed by atoms with Gasteiger partial charge >= 0.3 is 5.97 Å². The van der Waals surface area contributed by atoms with Crippen LogP contribution in [-0.2, 0) is 11.8 Å². The highest BCUT2D eigenvalue weighted by molar-refractivity contribution is 5.96. The normalized spacial score (nSPS) is 10.0. The third-order valence-corrected chi connectivity index (χ3v) is 2.31. The predicted octanol–water partition coefficient (Wildman–Crippen LogP) is 1.95. The number of esters is 1. The summed E-state index contributed by atoms with van der Waals surface area (Å²) in [5, 5.41) is 7.26. The first-order chi connectivity index (χ1) is 8.20. The van der Waals surface area contributed by atoms with E-state index in [9.17, 15) is 4.79 Å². The van der Waals surface area contributed by atoms with E-state index < -0.39 is 0 Å². The van der Waals surface area contributed by atoms with E-state index in [-0.39, 0.29) is 5.97 Å². The molecule has 1 N–H and O–H groups in total. The molecule has 0 unspecified atom stereocenters. The van der Waals surface area contributed by atoms with Crippen molar-refractivity contribution >= 4 is 17.5 Å². The van der Waals surface area contributed by atoms with Crippen LogP contribution in [0.15, 0.2) is 36.5 Å². The lowest BCUT2D eigenvalue weighted by Crippen LogP contribution is -2.05. The molecule has 0 aliphatic carbocycles. The van der Waals surface area contributed by atoms with E-state index in [2.05, 4.69) is 10.4 Å². The maximum absolute atomic E-state index is 11.5. The molecule has 0 atom stereocenters. The first kappa shape index (κ1) is 11.2. The maximum Gasteiger partial charge on any atom is 0.339 e. The largest absolute Gasteiger partial charge is 0.465 e. The minimum Gasteiger partial charge on any atom is -0.465 e. The summed E-state index contributed by atoms with van der Waals surface area (Å²) in [6, 6.07) is 8.97. The molecule has 0 fully saturated rings. The Labute approximate surface area is 99.0 Å². The van der Waals surface area contributed by atoms with Crippen LogP contribution in [0.5, 0.6) is 0 Å². The highest BCUT2D eigenvalue weighted by Gasteiger charge is 2.11. The predicted molar refractivity (Wildman–Crippen MR) is 64.3 cm³/mol. The van der Waals surface area contributed by atoms with E-state index in [0.717, 1.165) is 0 Å². The minimum absolute atomic E-state index is 0.371. The van der Waals surface area contributed by atoms with Gasteiger partial charge in [-0.15, -0.1) is 0 Å². The molecule has 0 radical (unpaired) electrons. The van der Waals surface area contributed by atoms with Gasteiger partial charge in [-0.3, -0.25) is 4.68 Å². The highest BCUT2D eigenvalue weighted by atomic mass is 16.5. The quantitative estimate of drug-likeness (QED) is 0.820. The SMILES string of the molecule is COC(=O)c1ccccc1Nc1ccn(C)n1. The number of rotatable bonds is 3. The number of aryl methyl sites for hydroxylation is 1. The second-order valence-corrected chi connectivity index (χ2v) is 3.54. The van der Waals surface area contributed by atoms with Gasteiger partial charge < -0.3 is 10.1 Å². The number of carbonyl (C=O) groups is 1. The van der Waals surface area contributed by atoms with Crippen molar-refractivity contribution in [2.45, 2.75) is 0 Å². The van der Waals surface area contributed by atoms with Gasteiger partial charge in [0, 0.05) is 19.3 Å². The summed E-state index contributed by atoms with van der Waals surface area (Å²) in [4.78, 5) is 11.5. The first-order valence-corrected chi connectivity index (χ1v) is 5.14. The standard InChI is InChI=1S/C12H13N3O2/c1-15-8-7-11(14-15)13-10-6-4-3-5-9(10)12(16)17-2/h3-8H,1-2H3,(H,13,14). The molecule has 5 nitrogen and oxygen atoms in total. The summed E-state index contributed by atoms with van der Waals surface area (Å²) in [5.41, 5.74) is 1.17. The fourth-order valence-corrected chi connectivity index (χ4v) is 1.50. The van der Waals surface area contributed by atoms with Crippen LogP contribution in [0.25, 0.3) is 0 Å². The minimum atomic E-state index is -0.371. The molecule has 2 rings (SSSR count). The van der Waals surface area contributed by atoms with E-state index in [0.29, 0.717) is 17.1 Å². The smallest absolute Gasteiger partial charge is 0.339 e. The second kappa shape index (κ2) is 4.69. The fourth-order valence-electron chi connectivity index (χ4n) is 1.50. The lowest BCUT2D eigenvalue weighted by atomic mass is 10.2. The molecule has 0 amide bonds. The van der Waals surface area contributed by atoms with Crippen LogP contribution in [-0.4, -0.2) is 22.9 Å². The van der Waals surface area contributed by atoms with E-state index >= 15 is 0 Å². The molecule has 5 heteroatoms. The lowest BCUT2D eigenvalue weighted by molar-refractivity contribution is 0.0602. The molecule has 0 aliphatic heterocycles. The molecule has 1 aromatic carbocycles. The van der Waals surface area contributed by atoms with Crippen LogP contribution in [0.1, 0.15) is 10.4 Å². The number of methoxy groups -OCH3 is 1. The number of carbonyl (C=O) groups excluding carboxylic acids is 1. The summed E-state index contributed by atoms with van der Waals surface area (Å²) in [7, 11) is 3.19. The molecule has 0 saturated heterocycles. The van der Waals surface area contributed by atoms with Crippen molar-refractivity contribution in [3.8, 4) is 0 Å². The zero-order valence-electron chi connectivity index (χ0n) is 9.68. The Bertz CT molecular complexity index is 534. The average Bonchev–Trinajstić information content (AvgIpc) is 2.74. The van der Waals surface area contributed by atoms with Crippen molar-refractivity contribution in [1.82, 2.24) is 9.78 Å². The molecule has 17 heavy (non-hydrogen) atoms. The van der Waals surface area contributed by atoms with Crippen molar-refractivity contribution in [2.24, 2.45) is 7.05 Å². The number of nitrogens with zero attached hydrogens (tertiary/aromatic N) is 2. The monoisotopic (exact) mass is 231 g/mol. The number of anilines is 2. The third-order valence-electron chi connectivity index (χ3n) is 2.31. The molecule has 0 spiro atoms. The zero-order valence-corrected chi connectivity index (χ0v) is 9.68. The van der Waals surface area contributed by atoms with Gasteiger partial charge in [-0.1, -0.05) is 12.1 Å². The van der Waals surface area contributed by atoms with Crippen molar-refractivity contribution in [3.63, 3.8) is 0 Å². The Morgan fingerprint density at radius 1 is 1.35 bits per heavy atom. The van der Waals surface area contributed by atoms with Gasteiger partial charge in [0.1, 0.15) is 0 Å². The van der Waals surface area contributed by atoms with Crippen LogP contribution in [0.4, 0.5) is 11.5 Å². The van der Waals surface area contributed by atoms with Crippen LogP contribution in [0.2, 0.25) is 0 Å². The topological polar surface area (TPSA) is 56.1 Å². The summed E-state index contributed by atoms with van der Waals surface area (Å²) in [6.07, 6.45) is 1.82. The molecular weight excluding hydrogens is 218 g/mol. The fraction of sp³-hybridized carbons (Fsp3) is 0.167. The number of para-hydroxylation sites is 1. The lowest BCUT2D eigenvalue weighted by Gasteiger charge is -2.08. The molecule has 1 aromatic heterocycles. The number of ether oxygens (including phenoxy) is 1. The van der Waals surface area contributed by atoms with E-state index in [1.807, 2.05) is 25.4 Å². The van der Waals surface area contributed by atoms with Crippen molar-refractivity contribution < 1.29 is 9.53 Å². The molecule has 0 saturated carbocycles.